The molecule has 0 spiro atoms. The van der Waals surface area contributed by atoms with Gasteiger partial charge in [0.1, 0.15) is 5.60 Å². The number of hydrazine groups is 1. The molecule has 0 saturated heterocycles. The number of nitrogens with one attached hydrogen (secondary N) is 2. The van der Waals surface area contributed by atoms with Crippen molar-refractivity contribution in [2.45, 2.75) is 32.9 Å². The Morgan fingerprint density at radius 1 is 1.45 bits per heavy atom. The van der Waals surface area contributed by atoms with Crippen LogP contribution < -0.4 is 10.9 Å². The molecule has 0 heterocycles. The molecule has 0 aliphatic heterocycles. The molecule has 1 rings (SSSR count). The second-order valence-corrected chi connectivity index (χ2v) is 5.93. The molecule has 20 heavy (non-hydrogen) atoms. The van der Waals surface area contributed by atoms with Crippen LogP contribution >= 0.6 is 15.9 Å². The lowest BCUT2D eigenvalue weighted by Crippen LogP contribution is -2.40. The largest absolute Gasteiger partial charge is 0.443 e. The standard InChI is InChI=1S/C12H16BrN3O4/c1-12(2,3)20-11(17)15-14-7-8-4-5-9(13)6-10(8)16(18)19/h4-6,14H,7H2,1-3H3,(H,15,17). The first kappa shape index (κ1) is 16.4. The number of nitro benzene ring substituents is 1. The summed E-state index contributed by atoms with van der Waals surface area (Å²) in [5.74, 6) is 0. The number of halogens is 1. The quantitative estimate of drug-likeness (QED) is 0.646. The molecule has 0 aromatic heterocycles. The maximum Gasteiger partial charge on any atom is 0.422 e. The smallest absolute Gasteiger partial charge is 0.422 e. The van der Waals surface area contributed by atoms with Crippen molar-refractivity contribution in [3.05, 3.63) is 38.3 Å². The van der Waals surface area contributed by atoms with E-state index in [9.17, 15) is 14.9 Å². The zero-order valence-corrected chi connectivity index (χ0v) is 13.0. The van der Waals surface area contributed by atoms with Crippen molar-refractivity contribution in [1.29, 1.82) is 0 Å². The van der Waals surface area contributed by atoms with Crippen LogP contribution in [0.5, 0.6) is 0 Å². The molecule has 8 heteroatoms. The molecule has 1 amide bonds. The summed E-state index contributed by atoms with van der Waals surface area (Å²) in [6.07, 6.45) is -0.641. The van der Waals surface area contributed by atoms with Gasteiger partial charge in [0.15, 0.2) is 0 Å². The molecule has 0 fully saturated rings. The Bertz CT molecular complexity index is 514. The lowest BCUT2D eigenvalue weighted by Gasteiger charge is -2.19. The van der Waals surface area contributed by atoms with Gasteiger partial charge in [0.2, 0.25) is 0 Å². The van der Waals surface area contributed by atoms with Gasteiger partial charge in [0, 0.05) is 22.6 Å². The molecule has 0 unspecified atom stereocenters. The fraction of sp³-hybridized carbons (Fsp3) is 0.417. The Kier molecular flexibility index (Phi) is 5.46. The first-order chi connectivity index (χ1) is 9.19. The summed E-state index contributed by atoms with van der Waals surface area (Å²) in [6, 6.07) is 4.70. The maximum atomic E-state index is 11.4. The molecule has 1 aromatic rings. The van der Waals surface area contributed by atoms with Crippen molar-refractivity contribution in [3.63, 3.8) is 0 Å². The number of ether oxygens (including phenoxy) is 1. The summed E-state index contributed by atoms with van der Waals surface area (Å²) >= 11 is 3.17. The van der Waals surface area contributed by atoms with Gasteiger partial charge < -0.3 is 4.74 Å². The zero-order valence-electron chi connectivity index (χ0n) is 11.4. The Labute approximate surface area is 124 Å². The number of hydrogen-bond acceptors (Lipinski definition) is 5. The van der Waals surface area contributed by atoms with Crippen LogP contribution in [-0.2, 0) is 11.3 Å². The molecule has 0 aliphatic rings. The number of benzene rings is 1. The van der Waals surface area contributed by atoms with E-state index < -0.39 is 16.6 Å². The first-order valence-electron chi connectivity index (χ1n) is 5.84. The van der Waals surface area contributed by atoms with Crippen molar-refractivity contribution in [1.82, 2.24) is 10.9 Å². The highest BCUT2D eigenvalue weighted by Crippen LogP contribution is 2.23. The highest BCUT2D eigenvalue weighted by Gasteiger charge is 2.17. The van der Waals surface area contributed by atoms with E-state index >= 15 is 0 Å². The van der Waals surface area contributed by atoms with Gasteiger partial charge >= 0.3 is 6.09 Å². The van der Waals surface area contributed by atoms with Gasteiger partial charge in [0.05, 0.1) is 4.92 Å². The fourth-order valence-electron chi connectivity index (χ4n) is 1.37. The van der Waals surface area contributed by atoms with E-state index in [0.717, 1.165) is 0 Å². The van der Waals surface area contributed by atoms with Crippen LogP contribution in [0.15, 0.2) is 22.7 Å². The Hall–Kier alpha value is -1.67. The SMILES string of the molecule is CC(C)(C)OC(=O)NNCc1ccc(Br)cc1[N+](=O)[O-]. The summed E-state index contributed by atoms with van der Waals surface area (Å²) in [4.78, 5) is 21.8. The van der Waals surface area contributed by atoms with Crippen molar-refractivity contribution in [3.8, 4) is 0 Å². The molecular weight excluding hydrogens is 330 g/mol. The van der Waals surface area contributed by atoms with Crippen LogP contribution in [0, 0.1) is 10.1 Å². The number of rotatable bonds is 4. The number of nitro groups is 1. The Morgan fingerprint density at radius 2 is 2.10 bits per heavy atom. The second-order valence-electron chi connectivity index (χ2n) is 5.01. The molecule has 0 saturated carbocycles. The topological polar surface area (TPSA) is 93.5 Å². The lowest BCUT2D eigenvalue weighted by atomic mass is 10.2. The summed E-state index contributed by atoms with van der Waals surface area (Å²) in [5, 5.41) is 10.9. The van der Waals surface area contributed by atoms with E-state index in [2.05, 4.69) is 26.8 Å². The van der Waals surface area contributed by atoms with E-state index in [1.54, 1.807) is 32.9 Å². The Morgan fingerprint density at radius 3 is 2.65 bits per heavy atom. The summed E-state index contributed by atoms with van der Waals surface area (Å²) in [7, 11) is 0. The first-order valence-corrected chi connectivity index (χ1v) is 6.63. The highest BCUT2D eigenvalue weighted by molar-refractivity contribution is 9.10. The van der Waals surface area contributed by atoms with E-state index in [0.29, 0.717) is 10.0 Å². The van der Waals surface area contributed by atoms with Crippen molar-refractivity contribution in [2.75, 3.05) is 0 Å². The minimum Gasteiger partial charge on any atom is -0.443 e. The molecule has 2 N–H and O–H groups in total. The molecule has 110 valence electrons. The third-order valence-electron chi connectivity index (χ3n) is 2.11. The summed E-state index contributed by atoms with van der Waals surface area (Å²) < 4.78 is 5.64. The number of amides is 1. The van der Waals surface area contributed by atoms with Crippen molar-refractivity contribution < 1.29 is 14.5 Å². The molecular formula is C12H16BrN3O4. The zero-order chi connectivity index (χ0) is 15.3. The van der Waals surface area contributed by atoms with Crippen LogP contribution in [0.4, 0.5) is 10.5 Å². The minimum atomic E-state index is -0.641. The second kappa shape index (κ2) is 6.67. The van der Waals surface area contributed by atoms with Crippen molar-refractivity contribution in [2.24, 2.45) is 0 Å². The van der Waals surface area contributed by atoms with Gasteiger partial charge in [0.25, 0.3) is 5.69 Å². The summed E-state index contributed by atoms with van der Waals surface area (Å²) in [6.45, 7) is 5.34. The number of hydrogen-bond donors (Lipinski definition) is 2. The summed E-state index contributed by atoms with van der Waals surface area (Å²) in [5.41, 5.74) is 4.74. The van der Waals surface area contributed by atoms with Crippen LogP contribution in [0.1, 0.15) is 26.3 Å². The average Bonchev–Trinajstić information content (AvgIpc) is 2.28. The average molecular weight is 346 g/mol. The van der Waals surface area contributed by atoms with Gasteiger partial charge in [-0.1, -0.05) is 15.9 Å². The fourth-order valence-corrected chi connectivity index (χ4v) is 1.72. The van der Waals surface area contributed by atoms with Crippen LogP contribution in [0.3, 0.4) is 0 Å². The molecule has 0 atom stereocenters. The minimum absolute atomic E-state index is 0.0298. The third-order valence-corrected chi connectivity index (χ3v) is 2.61. The molecule has 0 radical (unpaired) electrons. The van der Waals surface area contributed by atoms with E-state index in [1.807, 2.05) is 0 Å². The Balaban J connectivity index is 2.58. The van der Waals surface area contributed by atoms with Gasteiger partial charge in [-0.25, -0.2) is 10.2 Å². The monoisotopic (exact) mass is 345 g/mol. The maximum absolute atomic E-state index is 11.4. The lowest BCUT2D eigenvalue weighted by molar-refractivity contribution is -0.385. The number of carbonyl (C=O) groups is 1. The number of carbonyl (C=O) groups excluding carboxylic acids is 1. The van der Waals surface area contributed by atoms with E-state index in [-0.39, 0.29) is 12.2 Å². The predicted molar refractivity (Wildman–Crippen MR) is 77.0 cm³/mol. The molecule has 1 aromatic carbocycles. The van der Waals surface area contributed by atoms with Gasteiger partial charge in [-0.05, 0) is 32.9 Å². The van der Waals surface area contributed by atoms with Crippen LogP contribution in [-0.4, -0.2) is 16.6 Å². The van der Waals surface area contributed by atoms with Gasteiger partial charge in [-0.3, -0.25) is 15.5 Å². The van der Waals surface area contributed by atoms with E-state index in [1.165, 1.54) is 6.07 Å². The predicted octanol–water partition coefficient (Wildman–Crippen LogP) is 2.89. The third kappa shape index (κ3) is 5.54. The molecule has 0 bridgehead atoms. The normalized spacial score (nSPS) is 11.0. The van der Waals surface area contributed by atoms with Crippen LogP contribution in [0.25, 0.3) is 0 Å². The molecule has 0 aliphatic carbocycles. The number of nitrogens with zero attached hydrogens (tertiary/aromatic N) is 1. The van der Waals surface area contributed by atoms with Crippen LogP contribution in [0.2, 0.25) is 0 Å². The van der Waals surface area contributed by atoms with Crippen molar-refractivity contribution >= 4 is 27.7 Å². The highest BCUT2D eigenvalue weighted by atomic mass is 79.9. The van der Waals surface area contributed by atoms with E-state index in [4.69, 9.17) is 4.74 Å². The van der Waals surface area contributed by atoms with Gasteiger partial charge in [-0.2, -0.15) is 0 Å². The van der Waals surface area contributed by atoms with Gasteiger partial charge in [-0.15, -0.1) is 0 Å². The molecule has 7 nitrogen and oxygen atoms in total.